The number of anilines is 1. The Labute approximate surface area is 119 Å². The van der Waals surface area contributed by atoms with Gasteiger partial charge in [-0.1, -0.05) is 19.1 Å². The van der Waals surface area contributed by atoms with E-state index < -0.39 is 0 Å². The van der Waals surface area contributed by atoms with Crippen LogP contribution >= 0.6 is 0 Å². The maximum atomic E-state index is 11.9. The van der Waals surface area contributed by atoms with Crippen molar-refractivity contribution in [2.45, 2.75) is 33.2 Å². The molecule has 0 aliphatic heterocycles. The van der Waals surface area contributed by atoms with E-state index in [1.165, 1.54) is 5.56 Å². The summed E-state index contributed by atoms with van der Waals surface area (Å²) >= 11 is 0. The van der Waals surface area contributed by atoms with Crippen LogP contribution in [-0.4, -0.2) is 6.03 Å². The minimum atomic E-state index is -0.240. The maximum Gasteiger partial charge on any atom is 0.319 e. The molecule has 0 unspecified atom stereocenters. The minimum absolute atomic E-state index is 0.168. The number of amides is 2. The fraction of sp³-hybridized carbons (Fsp3) is 0.312. The molecule has 0 fully saturated rings. The van der Waals surface area contributed by atoms with Gasteiger partial charge < -0.3 is 15.1 Å². The molecule has 1 aromatic heterocycles. The summed E-state index contributed by atoms with van der Waals surface area (Å²) < 4.78 is 5.48. The van der Waals surface area contributed by atoms with Crippen LogP contribution in [0.2, 0.25) is 0 Å². The third-order valence-corrected chi connectivity index (χ3v) is 3.16. The van der Waals surface area contributed by atoms with Gasteiger partial charge in [0, 0.05) is 5.69 Å². The molecule has 2 amide bonds. The van der Waals surface area contributed by atoms with Gasteiger partial charge in [-0.3, -0.25) is 0 Å². The molecule has 20 heavy (non-hydrogen) atoms. The minimum Gasteiger partial charge on any atom is -0.464 e. The lowest BCUT2D eigenvalue weighted by Gasteiger charge is -2.12. The van der Waals surface area contributed by atoms with Crippen molar-refractivity contribution >= 4 is 11.7 Å². The number of hydrogen-bond donors (Lipinski definition) is 2. The molecule has 2 aromatic rings. The number of carbonyl (C=O) groups excluding carboxylic acids is 1. The third-order valence-electron chi connectivity index (χ3n) is 3.16. The summed E-state index contributed by atoms with van der Waals surface area (Å²) in [7, 11) is 0. The molecule has 4 nitrogen and oxygen atoms in total. The van der Waals surface area contributed by atoms with Crippen LogP contribution in [0.3, 0.4) is 0 Å². The molecular formula is C16H20N2O2. The Morgan fingerprint density at radius 3 is 2.45 bits per heavy atom. The second kappa shape index (κ2) is 6.28. The van der Waals surface area contributed by atoms with Gasteiger partial charge in [-0.05, 0) is 50.1 Å². The molecule has 0 spiro atoms. The number of carbonyl (C=O) groups is 1. The zero-order valence-corrected chi connectivity index (χ0v) is 12.1. The number of urea groups is 1. The smallest absolute Gasteiger partial charge is 0.319 e. The number of rotatable bonds is 4. The first-order chi connectivity index (χ1) is 9.58. The average Bonchev–Trinajstić information content (AvgIpc) is 2.86. The van der Waals surface area contributed by atoms with Crippen LogP contribution in [0.25, 0.3) is 0 Å². The van der Waals surface area contributed by atoms with Gasteiger partial charge in [-0.15, -0.1) is 0 Å². The number of benzene rings is 1. The zero-order chi connectivity index (χ0) is 14.5. The summed E-state index contributed by atoms with van der Waals surface area (Å²) in [6.07, 6.45) is 0.987. The van der Waals surface area contributed by atoms with E-state index in [1.807, 2.05) is 50.2 Å². The summed E-state index contributed by atoms with van der Waals surface area (Å²) in [4.78, 5) is 11.9. The van der Waals surface area contributed by atoms with E-state index in [0.717, 1.165) is 23.6 Å². The predicted molar refractivity (Wildman–Crippen MR) is 79.8 cm³/mol. The van der Waals surface area contributed by atoms with Crippen molar-refractivity contribution in [3.8, 4) is 0 Å². The summed E-state index contributed by atoms with van der Waals surface area (Å²) in [5, 5.41) is 5.65. The Hall–Kier alpha value is -2.23. The summed E-state index contributed by atoms with van der Waals surface area (Å²) in [5.74, 6) is 1.59. The van der Waals surface area contributed by atoms with E-state index in [-0.39, 0.29) is 12.1 Å². The van der Waals surface area contributed by atoms with Gasteiger partial charge in [-0.2, -0.15) is 0 Å². The van der Waals surface area contributed by atoms with Gasteiger partial charge in [0.05, 0.1) is 6.04 Å². The highest BCUT2D eigenvalue weighted by Gasteiger charge is 2.12. The van der Waals surface area contributed by atoms with Crippen molar-refractivity contribution in [2.24, 2.45) is 0 Å². The van der Waals surface area contributed by atoms with Gasteiger partial charge in [0.2, 0.25) is 0 Å². The van der Waals surface area contributed by atoms with Crippen LogP contribution in [-0.2, 0) is 6.42 Å². The topological polar surface area (TPSA) is 54.3 Å². The molecule has 0 saturated carbocycles. The summed E-state index contributed by atoms with van der Waals surface area (Å²) in [5.41, 5.74) is 2.03. The highest BCUT2D eigenvalue weighted by Crippen LogP contribution is 2.16. The van der Waals surface area contributed by atoms with Crippen LogP contribution in [0, 0.1) is 6.92 Å². The first kappa shape index (κ1) is 14.2. The van der Waals surface area contributed by atoms with Crippen LogP contribution in [0.15, 0.2) is 40.8 Å². The van der Waals surface area contributed by atoms with E-state index in [0.29, 0.717) is 0 Å². The van der Waals surface area contributed by atoms with Crippen LogP contribution in [0.5, 0.6) is 0 Å². The molecule has 0 saturated heterocycles. The first-order valence-electron chi connectivity index (χ1n) is 6.81. The molecule has 2 rings (SSSR count). The number of furan rings is 1. The fourth-order valence-corrected chi connectivity index (χ4v) is 1.94. The predicted octanol–water partition coefficient (Wildman–Crippen LogP) is 4.03. The van der Waals surface area contributed by atoms with Gasteiger partial charge >= 0.3 is 6.03 Å². The molecule has 0 aliphatic carbocycles. The largest absolute Gasteiger partial charge is 0.464 e. The Morgan fingerprint density at radius 1 is 1.20 bits per heavy atom. The molecule has 0 aliphatic rings. The van der Waals surface area contributed by atoms with Crippen molar-refractivity contribution in [1.29, 1.82) is 0 Å². The number of hydrogen-bond acceptors (Lipinski definition) is 2. The molecule has 2 N–H and O–H groups in total. The second-order valence-electron chi connectivity index (χ2n) is 4.82. The maximum absolute atomic E-state index is 11.9. The molecule has 4 heteroatoms. The van der Waals surface area contributed by atoms with E-state index in [9.17, 15) is 4.79 Å². The fourth-order valence-electron chi connectivity index (χ4n) is 1.94. The Balaban J connectivity index is 1.91. The highest BCUT2D eigenvalue weighted by molar-refractivity contribution is 5.89. The quantitative estimate of drug-likeness (QED) is 0.882. The summed E-state index contributed by atoms with van der Waals surface area (Å²) in [6.45, 7) is 5.87. The van der Waals surface area contributed by atoms with E-state index in [1.54, 1.807) is 0 Å². The normalized spacial score (nSPS) is 11.9. The monoisotopic (exact) mass is 272 g/mol. The third kappa shape index (κ3) is 3.63. The van der Waals surface area contributed by atoms with Crippen molar-refractivity contribution in [3.63, 3.8) is 0 Å². The van der Waals surface area contributed by atoms with E-state index in [2.05, 4.69) is 17.6 Å². The van der Waals surface area contributed by atoms with Gasteiger partial charge in [-0.25, -0.2) is 4.79 Å². The molecule has 0 radical (unpaired) electrons. The van der Waals surface area contributed by atoms with Crippen LogP contribution in [0.1, 0.15) is 37.0 Å². The first-order valence-corrected chi connectivity index (χ1v) is 6.81. The molecule has 1 aromatic carbocycles. The van der Waals surface area contributed by atoms with Crippen LogP contribution < -0.4 is 10.6 Å². The van der Waals surface area contributed by atoms with Crippen molar-refractivity contribution in [3.05, 3.63) is 53.5 Å². The van der Waals surface area contributed by atoms with E-state index >= 15 is 0 Å². The number of nitrogens with one attached hydrogen (secondary N) is 2. The molecule has 0 bridgehead atoms. The van der Waals surface area contributed by atoms with Crippen LogP contribution in [0.4, 0.5) is 10.5 Å². The van der Waals surface area contributed by atoms with Crippen molar-refractivity contribution in [2.75, 3.05) is 5.32 Å². The molecule has 1 atom stereocenters. The highest BCUT2D eigenvalue weighted by atomic mass is 16.3. The Bertz CT molecular complexity index is 572. The lowest BCUT2D eigenvalue weighted by molar-refractivity contribution is 0.247. The second-order valence-corrected chi connectivity index (χ2v) is 4.82. The van der Waals surface area contributed by atoms with Crippen molar-refractivity contribution < 1.29 is 9.21 Å². The molecule has 1 heterocycles. The lowest BCUT2D eigenvalue weighted by Crippen LogP contribution is -2.30. The zero-order valence-electron chi connectivity index (χ0n) is 12.1. The SMILES string of the molecule is CCc1ccc(NC(=O)N[C@H](C)c2ccc(C)o2)cc1. The standard InChI is InChI=1S/C16H20N2O2/c1-4-13-6-8-14(9-7-13)18-16(19)17-12(3)15-10-5-11(2)20-15/h5-10,12H,4H2,1-3H3,(H2,17,18,19)/t12-/m1/s1. The van der Waals surface area contributed by atoms with Gasteiger partial charge in [0.15, 0.2) is 0 Å². The van der Waals surface area contributed by atoms with Crippen molar-refractivity contribution in [1.82, 2.24) is 5.32 Å². The molecule has 106 valence electrons. The Morgan fingerprint density at radius 2 is 1.90 bits per heavy atom. The Kier molecular flexibility index (Phi) is 4.45. The number of aryl methyl sites for hydroxylation is 2. The summed E-state index contributed by atoms with van der Waals surface area (Å²) in [6, 6.07) is 11.2. The van der Waals surface area contributed by atoms with Gasteiger partial charge in [0.25, 0.3) is 0 Å². The molecular weight excluding hydrogens is 252 g/mol. The van der Waals surface area contributed by atoms with E-state index in [4.69, 9.17) is 4.42 Å². The lowest BCUT2D eigenvalue weighted by atomic mass is 10.1. The average molecular weight is 272 g/mol. The van der Waals surface area contributed by atoms with Gasteiger partial charge in [0.1, 0.15) is 11.5 Å².